The van der Waals surface area contributed by atoms with Crippen molar-refractivity contribution in [2.24, 2.45) is 5.73 Å². The molecule has 1 aliphatic carbocycles. The minimum absolute atomic E-state index is 0.0980. The summed E-state index contributed by atoms with van der Waals surface area (Å²) in [6, 6.07) is 15.1. The number of ether oxygens (including phenoxy) is 1. The van der Waals surface area contributed by atoms with E-state index in [1.807, 2.05) is 0 Å². The smallest absolute Gasteiger partial charge is 0.122 e. The molecule has 2 aromatic carbocycles. The van der Waals surface area contributed by atoms with Gasteiger partial charge in [-0.15, -0.1) is 0 Å². The van der Waals surface area contributed by atoms with Crippen LogP contribution in [0.2, 0.25) is 0 Å². The summed E-state index contributed by atoms with van der Waals surface area (Å²) in [5.74, 6) is 1.50. The third-order valence-corrected chi connectivity index (χ3v) is 4.43. The van der Waals surface area contributed by atoms with Crippen LogP contribution in [-0.2, 0) is 12.8 Å². The normalized spacial score (nSPS) is 21.0. The van der Waals surface area contributed by atoms with Crippen molar-refractivity contribution >= 4 is 0 Å². The van der Waals surface area contributed by atoms with Crippen molar-refractivity contribution in [1.29, 1.82) is 0 Å². The molecule has 0 aromatic heterocycles. The molecule has 4 rings (SSSR count). The van der Waals surface area contributed by atoms with Crippen LogP contribution in [0, 0.1) is 0 Å². The first-order chi connectivity index (χ1) is 9.33. The highest BCUT2D eigenvalue weighted by atomic mass is 16.5. The van der Waals surface area contributed by atoms with E-state index in [1.54, 1.807) is 0 Å². The van der Waals surface area contributed by atoms with Crippen molar-refractivity contribution in [2.45, 2.75) is 24.8 Å². The van der Waals surface area contributed by atoms with E-state index in [0.717, 1.165) is 25.2 Å². The van der Waals surface area contributed by atoms with Gasteiger partial charge in [-0.2, -0.15) is 0 Å². The largest absolute Gasteiger partial charge is 0.493 e. The van der Waals surface area contributed by atoms with Crippen LogP contribution in [0.25, 0.3) is 0 Å². The Morgan fingerprint density at radius 1 is 1.11 bits per heavy atom. The highest BCUT2D eigenvalue weighted by molar-refractivity contribution is 5.46. The Labute approximate surface area is 113 Å². The van der Waals surface area contributed by atoms with E-state index < -0.39 is 0 Å². The molecule has 2 aromatic rings. The summed E-state index contributed by atoms with van der Waals surface area (Å²) >= 11 is 0. The fourth-order valence-corrected chi connectivity index (χ4v) is 3.26. The Balaban J connectivity index is 1.64. The van der Waals surface area contributed by atoms with Crippen molar-refractivity contribution in [1.82, 2.24) is 0 Å². The monoisotopic (exact) mass is 251 g/mol. The lowest BCUT2D eigenvalue weighted by Gasteiger charge is -2.35. The fourth-order valence-electron chi connectivity index (χ4n) is 3.26. The molecule has 19 heavy (non-hydrogen) atoms. The van der Waals surface area contributed by atoms with Crippen LogP contribution in [0.1, 0.15) is 34.2 Å². The lowest BCUT2D eigenvalue weighted by Crippen LogP contribution is -2.28. The number of rotatable bonds is 2. The predicted molar refractivity (Wildman–Crippen MR) is 75.5 cm³/mol. The molecular formula is C17H17NO. The summed E-state index contributed by atoms with van der Waals surface area (Å²) in [6.45, 7) is 0.806. The fraction of sp³-hybridized carbons (Fsp3) is 0.294. The second kappa shape index (κ2) is 4.10. The van der Waals surface area contributed by atoms with Crippen molar-refractivity contribution in [3.8, 4) is 5.75 Å². The molecule has 0 bridgehead atoms. The number of benzene rings is 2. The molecule has 2 aliphatic rings. The Kier molecular flexibility index (Phi) is 2.39. The van der Waals surface area contributed by atoms with Gasteiger partial charge in [-0.05, 0) is 34.7 Å². The number of fused-ring (bicyclic) bond motifs is 2. The van der Waals surface area contributed by atoms with Crippen LogP contribution in [0.3, 0.4) is 0 Å². The molecule has 0 radical (unpaired) electrons. The standard InChI is InChI=1S/C17H17NO/c18-17(15-10-11-3-1-2-4-14(11)15)13-5-6-16-12(9-13)7-8-19-16/h1-6,9,15,17H,7-8,10,18H2. The average molecular weight is 251 g/mol. The average Bonchev–Trinajstić information content (AvgIpc) is 2.87. The summed E-state index contributed by atoms with van der Waals surface area (Å²) in [5, 5.41) is 0. The van der Waals surface area contributed by atoms with Gasteiger partial charge in [0, 0.05) is 18.4 Å². The molecule has 0 saturated carbocycles. The first-order valence-electron chi connectivity index (χ1n) is 6.92. The van der Waals surface area contributed by atoms with Gasteiger partial charge in [-0.3, -0.25) is 0 Å². The summed E-state index contributed by atoms with van der Waals surface area (Å²) < 4.78 is 5.55. The van der Waals surface area contributed by atoms with Crippen molar-refractivity contribution in [3.05, 3.63) is 64.7 Å². The van der Waals surface area contributed by atoms with Crippen LogP contribution < -0.4 is 10.5 Å². The van der Waals surface area contributed by atoms with Gasteiger partial charge in [0.1, 0.15) is 5.75 Å². The minimum atomic E-state index is 0.0980. The summed E-state index contributed by atoms with van der Waals surface area (Å²) in [7, 11) is 0. The van der Waals surface area contributed by atoms with Crippen LogP contribution in [0.5, 0.6) is 5.75 Å². The second-order valence-corrected chi connectivity index (χ2v) is 5.50. The molecule has 0 amide bonds. The van der Waals surface area contributed by atoms with E-state index in [4.69, 9.17) is 10.5 Å². The van der Waals surface area contributed by atoms with E-state index >= 15 is 0 Å². The van der Waals surface area contributed by atoms with Gasteiger partial charge in [-0.1, -0.05) is 36.4 Å². The highest BCUT2D eigenvalue weighted by Gasteiger charge is 2.31. The van der Waals surface area contributed by atoms with Crippen LogP contribution in [0.4, 0.5) is 0 Å². The van der Waals surface area contributed by atoms with Gasteiger partial charge >= 0.3 is 0 Å². The third-order valence-electron chi connectivity index (χ3n) is 4.43. The van der Waals surface area contributed by atoms with Crippen molar-refractivity contribution in [3.63, 3.8) is 0 Å². The molecule has 2 unspecified atom stereocenters. The van der Waals surface area contributed by atoms with Gasteiger partial charge in [0.15, 0.2) is 0 Å². The molecule has 1 aliphatic heterocycles. The number of hydrogen-bond acceptors (Lipinski definition) is 2. The Hall–Kier alpha value is -1.80. The summed E-state index contributed by atoms with van der Waals surface area (Å²) in [6.07, 6.45) is 2.11. The van der Waals surface area contributed by atoms with Gasteiger partial charge in [0.05, 0.1) is 6.61 Å². The van der Waals surface area contributed by atoms with Crippen LogP contribution in [-0.4, -0.2) is 6.61 Å². The molecule has 2 nitrogen and oxygen atoms in total. The number of hydrogen-bond donors (Lipinski definition) is 1. The molecule has 0 saturated heterocycles. The molecule has 2 N–H and O–H groups in total. The van der Waals surface area contributed by atoms with E-state index in [2.05, 4.69) is 42.5 Å². The number of nitrogens with two attached hydrogens (primary N) is 1. The van der Waals surface area contributed by atoms with Crippen molar-refractivity contribution in [2.75, 3.05) is 6.61 Å². The summed E-state index contributed by atoms with van der Waals surface area (Å²) in [4.78, 5) is 0. The lowest BCUT2D eigenvalue weighted by molar-refractivity contribution is 0.356. The van der Waals surface area contributed by atoms with Crippen molar-refractivity contribution < 1.29 is 4.74 Å². The minimum Gasteiger partial charge on any atom is -0.493 e. The van der Waals surface area contributed by atoms with E-state index in [0.29, 0.717) is 5.92 Å². The molecule has 0 fully saturated rings. The van der Waals surface area contributed by atoms with E-state index in [9.17, 15) is 0 Å². The maximum atomic E-state index is 6.47. The SMILES string of the molecule is NC(c1ccc2c(c1)CCO2)C1Cc2ccccc21. The molecule has 96 valence electrons. The first-order valence-corrected chi connectivity index (χ1v) is 6.92. The summed E-state index contributed by atoms with van der Waals surface area (Å²) in [5.41, 5.74) is 11.9. The van der Waals surface area contributed by atoms with E-state index in [-0.39, 0.29) is 6.04 Å². The Morgan fingerprint density at radius 2 is 2.00 bits per heavy atom. The second-order valence-electron chi connectivity index (χ2n) is 5.50. The zero-order valence-corrected chi connectivity index (χ0v) is 10.8. The first kappa shape index (κ1) is 11.1. The lowest BCUT2D eigenvalue weighted by atomic mass is 9.72. The molecule has 0 spiro atoms. The topological polar surface area (TPSA) is 35.2 Å². The maximum absolute atomic E-state index is 6.47. The van der Waals surface area contributed by atoms with Gasteiger partial charge in [0.2, 0.25) is 0 Å². The van der Waals surface area contributed by atoms with E-state index in [1.165, 1.54) is 22.3 Å². The highest BCUT2D eigenvalue weighted by Crippen LogP contribution is 2.43. The predicted octanol–water partition coefficient (Wildman–Crippen LogP) is 2.96. The quantitative estimate of drug-likeness (QED) is 0.890. The van der Waals surface area contributed by atoms with Gasteiger partial charge < -0.3 is 10.5 Å². The maximum Gasteiger partial charge on any atom is 0.122 e. The van der Waals surface area contributed by atoms with Gasteiger partial charge in [0.25, 0.3) is 0 Å². The third kappa shape index (κ3) is 1.67. The zero-order chi connectivity index (χ0) is 12.8. The van der Waals surface area contributed by atoms with Gasteiger partial charge in [-0.25, -0.2) is 0 Å². The van der Waals surface area contributed by atoms with Crippen LogP contribution >= 0.6 is 0 Å². The molecular weight excluding hydrogens is 234 g/mol. The molecule has 2 atom stereocenters. The molecule has 2 heteroatoms. The zero-order valence-electron chi connectivity index (χ0n) is 10.8. The van der Waals surface area contributed by atoms with Crippen LogP contribution in [0.15, 0.2) is 42.5 Å². The molecule has 1 heterocycles. The Morgan fingerprint density at radius 3 is 2.89 bits per heavy atom. The Bertz CT molecular complexity index is 635.